The third-order valence-corrected chi connectivity index (χ3v) is 4.39. The number of imidazole rings is 1. The van der Waals surface area contributed by atoms with Crippen LogP contribution in [-0.4, -0.2) is 20.3 Å². The van der Waals surface area contributed by atoms with Gasteiger partial charge in [-0.15, -0.1) is 0 Å². The first-order valence-electron chi connectivity index (χ1n) is 8.21. The van der Waals surface area contributed by atoms with Crippen LogP contribution < -0.4 is 0 Å². The molecule has 0 unspecified atom stereocenters. The number of aryl methyl sites for hydroxylation is 3. The number of ether oxygens (including phenoxy) is 1. The van der Waals surface area contributed by atoms with Gasteiger partial charge in [-0.05, 0) is 55.7 Å². The summed E-state index contributed by atoms with van der Waals surface area (Å²) < 4.78 is 7.38. The van der Waals surface area contributed by atoms with E-state index in [9.17, 15) is 4.79 Å². The van der Waals surface area contributed by atoms with Crippen LogP contribution in [0.3, 0.4) is 0 Å². The van der Waals surface area contributed by atoms with Gasteiger partial charge in [-0.3, -0.25) is 0 Å². The number of nitrogens with zero attached hydrogens (tertiary/aromatic N) is 2. The van der Waals surface area contributed by atoms with Crippen molar-refractivity contribution in [3.63, 3.8) is 0 Å². The highest BCUT2D eigenvalue weighted by Crippen LogP contribution is 2.22. The quantitative estimate of drug-likeness (QED) is 0.574. The Kier molecular flexibility index (Phi) is 3.57. The minimum Gasteiger partial charge on any atom is -0.454 e. The topological polar surface area (TPSA) is 59.4 Å². The minimum absolute atomic E-state index is 0.146. The molecule has 3 heterocycles. The van der Waals surface area contributed by atoms with Gasteiger partial charge in [0.15, 0.2) is 0 Å². The average molecular weight is 333 g/mol. The highest BCUT2D eigenvalue weighted by atomic mass is 16.5. The number of aromatic amines is 1. The molecule has 0 atom stereocenters. The molecule has 5 heteroatoms. The molecule has 4 rings (SSSR count). The molecule has 0 aliphatic carbocycles. The summed E-state index contributed by atoms with van der Waals surface area (Å²) in [6.07, 6.45) is 3.82. The van der Waals surface area contributed by atoms with Crippen molar-refractivity contribution in [1.29, 1.82) is 0 Å². The van der Waals surface area contributed by atoms with Crippen molar-refractivity contribution < 1.29 is 9.53 Å². The van der Waals surface area contributed by atoms with Gasteiger partial charge in [-0.1, -0.05) is 12.1 Å². The van der Waals surface area contributed by atoms with Crippen molar-refractivity contribution in [2.75, 3.05) is 0 Å². The zero-order valence-corrected chi connectivity index (χ0v) is 14.5. The molecule has 0 radical (unpaired) electrons. The van der Waals surface area contributed by atoms with E-state index in [0.29, 0.717) is 5.69 Å². The van der Waals surface area contributed by atoms with Gasteiger partial charge in [0.05, 0.1) is 5.69 Å². The number of pyridine rings is 1. The van der Waals surface area contributed by atoms with E-state index >= 15 is 0 Å². The Morgan fingerprint density at radius 3 is 2.84 bits per heavy atom. The number of hydrogen-bond acceptors (Lipinski definition) is 3. The fourth-order valence-electron chi connectivity index (χ4n) is 3.20. The largest absolute Gasteiger partial charge is 0.454 e. The molecule has 0 aliphatic heterocycles. The van der Waals surface area contributed by atoms with Crippen LogP contribution in [0.25, 0.3) is 16.6 Å². The average Bonchev–Trinajstić information content (AvgIpc) is 3.17. The number of benzene rings is 1. The number of aromatic nitrogens is 3. The Hall–Kier alpha value is -3.08. The molecule has 0 saturated carbocycles. The maximum Gasteiger partial charge on any atom is 0.355 e. The second kappa shape index (κ2) is 5.77. The molecule has 5 nitrogen and oxygen atoms in total. The predicted molar refractivity (Wildman–Crippen MR) is 96.8 cm³/mol. The zero-order valence-electron chi connectivity index (χ0n) is 14.5. The second-order valence-corrected chi connectivity index (χ2v) is 6.46. The third-order valence-electron chi connectivity index (χ3n) is 4.39. The number of carbonyl (C=O) groups is 1. The molecule has 0 bridgehead atoms. The first-order chi connectivity index (χ1) is 12.0. The normalized spacial score (nSPS) is 11.3. The monoisotopic (exact) mass is 333 g/mol. The Bertz CT molecular complexity index is 1100. The number of hydrogen-bond donors (Lipinski definition) is 1. The highest BCUT2D eigenvalue weighted by molar-refractivity contribution is 5.96. The Labute approximate surface area is 145 Å². The molecule has 1 aromatic carbocycles. The van der Waals surface area contributed by atoms with Gasteiger partial charge in [0.25, 0.3) is 0 Å². The van der Waals surface area contributed by atoms with Crippen LogP contribution in [-0.2, 0) is 11.3 Å². The van der Waals surface area contributed by atoms with E-state index in [2.05, 4.69) is 16.0 Å². The molecule has 0 spiro atoms. The number of nitrogens with one attached hydrogen (secondary N) is 1. The van der Waals surface area contributed by atoms with Gasteiger partial charge in [0.2, 0.25) is 0 Å². The predicted octanol–water partition coefficient (Wildman–Crippen LogP) is 4.10. The SMILES string of the molecule is Cc1cc(C)c2cc(C(=O)OCc3cn4cccc(C)c4n3)[nH]c2c1. The molecule has 0 fully saturated rings. The summed E-state index contributed by atoms with van der Waals surface area (Å²) in [5, 5.41) is 1.04. The molecule has 3 aromatic heterocycles. The third kappa shape index (κ3) is 2.78. The van der Waals surface area contributed by atoms with Gasteiger partial charge in [0, 0.05) is 23.3 Å². The van der Waals surface area contributed by atoms with E-state index in [1.54, 1.807) is 0 Å². The van der Waals surface area contributed by atoms with Crippen molar-refractivity contribution in [3.05, 3.63) is 70.8 Å². The maximum absolute atomic E-state index is 12.4. The smallest absolute Gasteiger partial charge is 0.355 e. The fraction of sp³-hybridized carbons (Fsp3) is 0.200. The molecule has 25 heavy (non-hydrogen) atoms. The molecule has 4 aromatic rings. The molecule has 1 N–H and O–H groups in total. The summed E-state index contributed by atoms with van der Waals surface area (Å²) >= 11 is 0. The number of fused-ring (bicyclic) bond motifs is 2. The molecule has 126 valence electrons. The molecular formula is C20H19N3O2. The van der Waals surface area contributed by atoms with Crippen molar-refractivity contribution in [1.82, 2.24) is 14.4 Å². The van der Waals surface area contributed by atoms with Gasteiger partial charge in [0.1, 0.15) is 17.9 Å². The van der Waals surface area contributed by atoms with Crippen LogP contribution >= 0.6 is 0 Å². The van der Waals surface area contributed by atoms with Crippen LogP contribution in [0.15, 0.2) is 42.7 Å². The highest BCUT2D eigenvalue weighted by Gasteiger charge is 2.13. The lowest BCUT2D eigenvalue weighted by atomic mass is 10.1. The van der Waals surface area contributed by atoms with Gasteiger partial charge < -0.3 is 14.1 Å². The van der Waals surface area contributed by atoms with E-state index in [4.69, 9.17) is 4.74 Å². The number of rotatable bonds is 3. The minimum atomic E-state index is -0.373. The number of H-pyrrole nitrogens is 1. The standard InChI is InChI=1S/C20H19N3O2/c1-12-7-14(3)16-9-18(22-17(16)8-12)20(24)25-11-15-10-23-6-4-5-13(2)19(23)21-15/h4-10,22H,11H2,1-3H3. The lowest BCUT2D eigenvalue weighted by Gasteiger charge is -2.00. The molecule has 0 saturated heterocycles. The first-order valence-corrected chi connectivity index (χ1v) is 8.21. The van der Waals surface area contributed by atoms with Gasteiger partial charge in [-0.25, -0.2) is 9.78 Å². The Balaban J connectivity index is 1.55. The van der Waals surface area contributed by atoms with Gasteiger partial charge >= 0.3 is 5.97 Å². The van der Waals surface area contributed by atoms with Crippen molar-refractivity contribution in [3.8, 4) is 0 Å². The van der Waals surface area contributed by atoms with Gasteiger partial charge in [-0.2, -0.15) is 0 Å². The summed E-state index contributed by atoms with van der Waals surface area (Å²) in [6.45, 7) is 6.23. The summed E-state index contributed by atoms with van der Waals surface area (Å²) in [4.78, 5) is 20.0. The number of esters is 1. The lowest BCUT2D eigenvalue weighted by molar-refractivity contribution is 0.0462. The van der Waals surface area contributed by atoms with Crippen molar-refractivity contribution in [2.45, 2.75) is 27.4 Å². The summed E-state index contributed by atoms with van der Waals surface area (Å²) in [5.74, 6) is -0.373. The van der Waals surface area contributed by atoms with Crippen LogP contribution in [0, 0.1) is 20.8 Å². The number of carbonyl (C=O) groups excluding carboxylic acids is 1. The summed E-state index contributed by atoms with van der Waals surface area (Å²) in [6, 6.07) is 9.95. The maximum atomic E-state index is 12.4. The van der Waals surface area contributed by atoms with Crippen LogP contribution in [0.5, 0.6) is 0 Å². The van der Waals surface area contributed by atoms with E-state index in [0.717, 1.165) is 38.9 Å². The second-order valence-electron chi connectivity index (χ2n) is 6.46. The van der Waals surface area contributed by atoms with Crippen LogP contribution in [0.2, 0.25) is 0 Å². The lowest BCUT2D eigenvalue weighted by Crippen LogP contribution is -2.05. The van der Waals surface area contributed by atoms with Crippen LogP contribution in [0.1, 0.15) is 32.9 Å². The van der Waals surface area contributed by atoms with E-state index < -0.39 is 0 Å². The van der Waals surface area contributed by atoms with E-state index in [-0.39, 0.29) is 12.6 Å². The van der Waals surface area contributed by atoms with Crippen molar-refractivity contribution in [2.24, 2.45) is 0 Å². The molecule has 0 amide bonds. The van der Waals surface area contributed by atoms with Crippen LogP contribution in [0.4, 0.5) is 0 Å². The van der Waals surface area contributed by atoms with Crippen molar-refractivity contribution >= 4 is 22.5 Å². The van der Waals surface area contributed by atoms with E-state index in [1.165, 1.54) is 0 Å². The Morgan fingerprint density at radius 1 is 1.20 bits per heavy atom. The molecular weight excluding hydrogens is 314 g/mol. The summed E-state index contributed by atoms with van der Waals surface area (Å²) in [5.41, 5.74) is 6.40. The Morgan fingerprint density at radius 2 is 2.04 bits per heavy atom. The first kappa shape index (κ1) is 15.4. The van der Waals surface area contributed by atoms with E-state index in [1.807, 2.05) is 61.8 Å². The fourth-order valence-corrected chi connectivity index (χ4v) is 3.20. The summed E-state index contributed by atoms with van der Waals surface area (Å²) in [7, 11) is 0. The zero-order chi connectivity index (χ0) is 17.6. The molecule has 0 aliphatic rings.